The van der Waals surface area contributed by atoms with Gasteiger partial charge >= 0.3 is 0 Å². The fourth-order valence-corrected chi connectivity index (χ4v) is 2.03. The second-order valence-corrected chi connectivity index (χ2v) is 4.76. The number of allylic oxidation sites excluding steroid dienone is 2. The maximum absolute atomic E-state index is 11.8. The van der Waals surface area contributed by atoms with Crippen molar-refractivity contribution in [3.8, 4) is 0 Å². The molecular formula is C11H14OS. The lowest BCUT2D eigenvalue weighted by Crippen LogP contribution is -1.93. The quantitative estimate of drug-likeness (QED) is 0.707. The van der Waals surface area contributed by atoms with Crippen molar-refractivity contribution in [2.75, 3.05) is 0 Å². The van der Waals surface area contributed by atoms with Gasteiger partial charge in [0.05, 0.1) is 10.8 Å². The maximum Gasteiger partial charge on any atom is 0.0804 e. The molecule has 0 amide bonds. The van der Waals surface area contributed by atoms with Gasteiger partial charge in [-0.1, -0.05) is 23.8 Å². The van der Waals surface area contributed by atoms with Crippen molar-refractivity contribution in [1.29, 1.82) is 0 Å². The molecule has 0 radical (unpaired) electrons. The van der Waals surface area contributed by atoms with Crippen LogP contribution < -0.4 is 0 Å². The van der Waals surface area contributed by atoms with E-state index >= 15 is 0 Å². The normalized spacial score (nSPS) is 12.2. The molecule has 1 aromatic carbocycles. The van der Waals surface area contributed by atoms with Gasteiger partial charge in [0.25, 0.3) is 0 Å². The molecule has 2 heteroatoms. The standard InChI is InChI=1S/C11H14OS/c1-9(2)10(3)13(12)11-7-5-4-6-8-11/h4-8H,1-3H3. The van der Waals surface area contributed by atoms with Gasteiger partial charge in [-0.2, -0.15) is 0 Å². The minimum absolute atomic E-state index is 0.876. The second kappa shape index (κ2) is 4.38. The summed E-state index contributed by atoms with van der Waals surface area (Å²) in [5.41, 5.74) is 1.13. The van der Waals surface area contributed by atoms with Crippen molar-refractivity contribution in [3.05, 3.63) is 40.8 Å². The van der Waals surface area contributed by atoms with Gasteiger partial charge in [0.1, 0.15) is 0 Å². The fraction of sp³-hybridized carbons (Fsp3) is 0.273. The Kier molecular flexibility index (Phi) is 3.43. The Labute approximate surface area is 81.9 Å². The summed E-state index contributed by atoms with van der Waals surface area (Å²) in [4.78, 5) is 1.83. The zero-order valence-electron chi connectivity index (χ0n) is 8.20. The Bertz CT molecular complexity index is 334. The first-order valence-corrected chi connectivity index (χ1v) is 5.39. The molecule has 0 N–H and O–H groups in total. The number of hydrogen-bond donors (Lipinski definition) is 0. The lowest BCUT2D eigenvalue weighted by molar-refractivity contribution is 0.686. The van der Waals surface area contributed by atoms with E-state index in [1.165, 1.54) is 0 Å². The Morgan fingerprint density at radius 1 is 1.08 bits per heavy atom. The van der Waals surface area contributed by atoms with Crippen molar-refractivity contribution >= 4 is 10.8 Å². The molecule has 1 aromatic rings. The molecule has 0 heterocycles. The Morgan fingerprint density at radius 2 is 1.62 bits per heavy atom. The van der Waals surface area contributed by atoms with Gasteiger partial charge in [-0.25, -0.2) is 4.21 Å². The van der Waals surface area contributed by atoms with Crippen LogP contribution in [0.1, 0.15) is 20.8 Å². The molecule has 0 saturated carbocycles. The number of hydrogen-bond acceptors (Lipinski definition) is 1. The van der Waals surface area contributed by atoms with E-state index in [0.29, 0.717) is 0 Å². The van der Waals surface area contributed by atoms with Gasteiger partial charge in [0, 0.05) is 9.80 Å². The first kappa shape index (κ1) is 10.2. The highest BCUT2D eigenvalue weighted by Crippen LogP contribution is 2.16. The summed E-state index contributed by atoms with van der Waals surface area (Å²) in [5, 5.41) is 0. The highest BCUT2D eigenvalue weighted by atomic mass is 32.2. The van der Waals surface area contributed by atoms with Crippen LogP contribution in [0.4, 0.5) is 0 Å². The van der Waals surface area contributed by atoms with Gasteiger partial charge in [0.2, 0.25) is 0 Å². The molecular weight excluding hydrogens is 180 g/mol. The van der Waals surface area contributed by atoms with Crippen molar-refractivity contribution in [1.82, 2.24) is 0 Å². The largest absolute Gasteiger partial charge is 0.249 e. The van der Waals surface area contributed by atoms with Crippen molar-refractivity contribution in [2.24, 2.45) is 0 Å². The van der Waals surface area contributed by atoms with Crippen LogP contribution in [0.25, 0.3) is 0 Å². The molecule has 0 spiro atoms. The third-order valence-electron chi connectivity index (χ3n) is 1.94. The van der Waals surface area contributed by atoms with E-state index in [2.05, 4.69) is 0 Å². The van der Waals surface area contributed by atoms with Crippen LogP contribution in [0.2, 0.25) is 0 Å². The van der Waals surface area contributed by atoms with Gasteiger partial charge in [-0.3, -0.25) is 0 Å². The van der Waals surface area contributed by atoms with Crippen molar-refractivity contribution < 1.29 is 4.21 Å². The number of benzene rings is 1. The smallest absolute Gasteiger partial charge is 0.0804 e. The molecule has 70 valence electrons. The van der Waals surface area contributed by atoms with Crippen LogP contribution >= 0.6 is 0 Å². The maximum atomic E-state index is 11.8. The van der Waals surface area contributed by atoms with E-state index in [9.17, 15) is 4.21 Å². The minimum atomic E-state index is -0.979. The Hall–Kier alpha value is -0.890. The molecule has 1 unspecified atom stereocenters. The van der Waals surface area contributed by atoms with E-state index in [1.54, 1.807) is 0 Å². The Balaban J connectivity index is 3.00. The minimum Gasteiger partial charge on any atom is -0.249 e. The summed E-state index contributed by atoms with van der Waals surface area (Å²) < 4.78 is 11.8. The molecule has 0 aliphatic rings. The van der Waals surface area contributed by atoms with E-state index < -0.39 is 10.8 Å². The number of rotatable bonds is 2. The first-order valence-electron chi connectivity index (χ1n) is 4.24. The monoisotopic (exact) mass is 194 g/mol. The van der Waals surface area contributed by atoms with Crippen molar-refractivity contribution in [3.63, 3.8) is 0 Å². The van der Waals surface area contributed by atoms with Gasteiger partial charge in [0.15, 0.2) is 0 Å². The topological polar surface area (TPSA) is 17.1 Å². The highest BCUT2D eigenvalue weighted by molar-refractivity contribution is 7.89. The molecule has 13 heavy (non-hydrogen) atoms. The predicted octanol–water partition coefficient (Wildman–Crippen LogP) is 3.11. The van der Waals surface area contributed by atoms with Crippen LogP contribution in [0.15, 0.2) is 45.7 Å². The van der Waals surface area contributed by atoms with Crippen LogP contribution in [-0.2, 0) is 10.8 Å². The van der Waals surface area contributed by atoms with E-state index in [4.69, 9.17) is 0 Å². The van der Waals surface area contributed by atoms with Crippen LogP contribution in [0.3, 0.4) is 0 Å². The van der Waals surface area contributed by atoms with E-state index in [-0.39, 0.29) is 0 Å². The third-order valence-corrected chi connectivity index (χ3v) is 3.60. The van der Waals surface area contributed by atoms with E-state index in [1.807, 2.05) is 51.1 Å². The fourth-order valence-electron chi connectivity index (χ4n) is 0.906. The van der Waals surface area contributed by atoms with Crippen LogP contribution in [0.5, 0.6) is 0 Å². The highest BCUT2D eigenvalue weighted by Gasteiger charge is 2.05. The zero-order valence-corrected chi connectivity index (χ0v) is 9.02. The molecule has 0 saturated heterocycles. The SMILES string of the molecule is CC(C)=C(C)S(=O)c1ccccc1. The summed E-state index contributed by atoms with van der Waals surface area (Å²) in [5.74, 6) is 0. The molecule has 1 atom stereocenters. The lowest BCUT2D eigenvalue weighted by Gasteiger charge is -2.03. The summed E-state index contributed by atoms with van der Waals surface area (Å²) in [6.07, 6.45) is 0. The molecule has 0 aliphatic carbocycles. The van der Waals surface area contributed by atoms with Crippen molar-refractivity contribution in [2.45, 2.75) is 25.7 Å². The molecule has 1 nitrogen and oxygen atoms in total. The third kappa shape index (κ3) is 2.52. The molecule has 0 fully saturated rings. The van der Waals surface area contributed by atoms with Gasteiger partial charge in [-0.15, -0.1) is 0 Å². The second-order valence-electron chi connectivity index (χ2n) is 3.14. The molecule has 1 rings (SSSR count). The average Bonchev–Trinajstić information content (AvgIpc) is 2.17. The lowest BCUT2D eigenvalue weighted by atomic mass is 10.3. The summed E-state index contributed by atoms with van der Waals surface area (Å²) >= 11 is 0. The van der Waals surface area contributed by atoms with Crippen LogP contribution in [0, 0.1) is 0 Å². The molecule has 0 bridgehead atoms. The summed E-state index contributed by atoms with van der Waals surface area (Å²) in [7, 11) is -0.979. The zero-order chi connectivity index (χ0) is 9.84. The van der Waals surface area contributed by atoms with Gasteiger partial charge < -0.3 is 0 Å². The summed E-state index contributed by atoms with van der Waals surface area (Å²) in [6.45, 7) is 5.88. The van der Waals surface area contributed by atoms with Crippen LogP contribution in [-0.4, -0.2) is 4.21 Å². The predicted molar refractivity (Wildman–Crippen MR) is 56.9 cm³/mol. The average molecular weight is 194 g/mol. The van der Waals surface area contributed by atoms with E-state index in [0.717, 1.165) is 15.4 Å². The van der Waals surface area contributed by atoms with Gasteiger partial charge in [-0.05, 0) is 32.9 Å². The summed E-state index contributed by atoms with van der Waals surface area (Å²) in [6, 6.07) is 9.53. The molecule has 0 aliphatic heterocycles. The first-order chi connectivity index (χ1) is 6.13. The molecule has 0 aromatic heterocycles. The Morgan fingerprint density at radius 3 is 2.08 bits per heavy atom.